The Morgan fingerprint density at radius 2 is 0.657 bits per heavy atom. The summed E-state index contributed by atoms with van der Waals surface area (Å²) >= 11 is 0. The van der Waals surface area contributed by atoms with Crippen LogP contribution < -0.4 is 20.7 Å². The largest absolute Gasteiger partial charge is 0.455 e. The number of aromatic nitrogens is 2. The molecule has 25 aromatic carbocycles. The van der Waals surface area contributed by atoms with Crippen molar-refractivity contribution in [3.05, 3.63) is 483 Å². The van der Waals surface area contributed by atoms with Gasteiger partial charge in [0.1, 0.15) is 11.2 Å². The number of furan rings is 1. The van der Waals surface area contributed by atoms with Crippen molar-refractivity contribution in [3.63, 3.8) is 0 Å². The predicted molar refractivity (Wildman–Crippen MR) is 596 cm³/mol. The van der Waals surface area contributed by atoms with Crippen LogP contribution in [0.15, 0.2) is 465 Å². The number of fused-ring (bicyclic) bond motifs is 22. The van der Waals surface area contributed by atoms with Crippen molar-refractivity contribution in [1.82, 2.24) is 9.13 Å². The van der Waals surface area contributed by atoms with Gasteiger partial charge in [0.05, 0.1) is 33.4 Å². The lowest BCUT2D eigenvalue weighted by Crippen LogP contribution is -2.72. The Balaban J connectivity index is 0.000000134. The molecule has 0 spiro atoms. The van der Waals surface area contributed by atoms with Crippen molar-refractivity contribution >= 4 is 181 Å². The molecule has 0 atom stereocenters. The van der Waals surface area contributed by atoms with E-state index in [1.807, 2.05) is 0 Å². The second-order valence-corrected chi connectivity index (χ2v) is 44.0. The molecule has 2 aliphatic carbocycles. The Bertz CT molecular complexity index is 10100. The number of hydrogen-bond acceptors (Lipinski definition) is 1. The molecule has 0 radical (unpaired) electrons. The van der Waals surface area contributed by atoms with Gasteiger partial charge in [0, 0.05) is 59.5 Å². The number of nitrogens with zero attached hydrogens (tertiary/aromatic N) is 2. The lowest BCUT2D eigenvalue weighted by molar-refractivity contribution is 0.661. The van der Waals surface area contributed by atoms with Gasteiger partial charge in [-0.25, -0.2) is 0 Å². The normalized spacial score (nSPS) is 13.7. The first kappa shape index (κ1) is 79.0. The average molecular weight is 1790 g/mol. The zero-order chi connectivity index (χ0) is 92.3. The fourth-order valence-electron chi connectivity index (χ4n) is 26.3. The highest BCUT2D eigenvalue weighted by Crippen LogP contribution is 2.58. The van der Waals surface area contributed by atoms with Gasteiger partial charge in [-0.2, -0.15) is 0 Å². The van der Waals surface area contributed by atoms with Crippen molar-refractivity contribution in [2.45, 2.75) is 38.5 Å². The standard InChI is InChI=1S/C75H49NSi.C61H39NO/c1-75(2)64-42-48(33-36-57(64)58-37-34-51(43-65(58)75)71-55-25-11-9-18-49(55)40-50-19-10-12-26-56(50)71)47-35-39-67-63(41-47)59-27-13-15-30-66(59)76(67)68-44-52-45-70-74(62-38-32-46-20-17-29-60(68)72(46)73(52)62)61-28-14-16-31-69(61)77(70,53-21-5-3-6-22-53)54-23-7-4-8-24-54;1-61(2)52-23-8-6-18-44(52)50-34-42-26-25-37-15-11-22-47-55(35-51(59(50)61)58(42)57(37)47)62-53-24-9-7-19-45(53)48-32-39(27-29-54(48)62)40-28-30-56-49(33-40)46-21-12-20-43(60(46)63-56)41-17-10-16-38(31-41)36-13-4-3-5-14-36/h3-45H,1-2H3;3-35H,1-2H3. The second-order valence-electron chi connectivity index (χ2n) is 40.3. The van der Waals surface area contributed by atoms with E-state index < -0.39 is 8.07 Å². The van der Waals surface area contributed by atoms with Gasteiger partial charge in [-0.15, -0.1) is 0 Å². The molecule has 4 heterocycles. The van der Waals surface area contributed by atoms with E-state index in [2.05, 4.69) is 498 Å². The van der Waals surface area contributed by atoms with Crippen LogP contribution in [0.5, 0.6) is 0 Å². The monoisotopic (exact) mass is 1790 g/mol. The van der Waals surface area contributed by atoms with E-state index in [0.29, 0.717) is 0 Å². The smallest absolute Gasteiger partial charge is 0.180 e. The molecule has 0 amide bonds. The van der Waals surface area contributed by atoms with E-state index in [1.165, 1.54) is 262 Å². The highest BCUT2D eigenvalue weighted by atomic mass is 28.3. The molecule has 0 bridgehead atoms. The fourth-order valence-corrected chi connectivity index (χ4v) is 31.5. The Kier molecular flexibility index (Phi) is 16.6. The molecule has 4 heteroatoms. The second kappa shape index (κ2) is 29.4. The zero-order valence-corrected chi connectivity index (χ0v) is 78.7. The maximum Gasteiger partial charge on any atom is 0.180 e. The average Bonchev–Trinajstić information content (AvgIpc) is 1.77. The highest BCUT2D eigenvalue weighted by Gasteiger charge is 2.50. The van der Waals surface area contributed by atoms with Crippen LogP contribution in [0, 0.1) is 0 Å². The first-order chi connectivity index (χ1) is 68.9. The number of para-hydroxylation sites is 3. The Morgan fingerprint density at radius 1 is 0.207 bits per heavy atom. The molecule has 0 fully saturated rings. The quantitative estimate of drug-likeness (QED) is 0.0802. The summed E-state index contributed by atoms with van der Waals surface area (Å²) in [6.45, 7) is 9.64. The van der Waals surface area contributed by atoms with E-state index in [1.54, 1.807) is 0 Å². The van der Waals surface area contributed by atoms with Gasteiger partial charge in [-0.05, 0) is 293 Å². The van der Waals surface area contributed by atoms with Crippen molar-refractivity contribution in [1.29, 1.82) is 0 Å². The number of rotatable bonds is 9. The number of hydrogen-bond donors (Lipinski definition) is 0. The summed E-state index contributed by atoms with van der Waals surface area (Å²) in [5.74, 6) is 0. The van der Waals surface area contributed by atoms with Crippen LogP contribution in [0.2, 0.25) is 0 Å². The van der Waals surface area contributed by atoms with Crippen LogP contribution in [0.1, 0.15) is 49.9 Å². The summed E-state index contributed by atoms with van der Waals surface area (Å²) < 4.78 is 11.8. The predicted octanol–water partition coefficient (Wildman–Crippen LogP) is 33.9. The molecule has 28 aromatic rings. The summed E-state index contributed by atoms with van der Waals surface area (Å²) in [5.41, 5.74) is 34.5. The van der Waals surface area contributed by atoms with Crippen molar-refractivity contribution in [3.8, 4) is 100 Å². The first-order valence-corrected chi connectivity index (χ1v) is 51.1. The minimum absolute atomic E-state index is 0.141. The Hall–Kier alpha value is -17.3. The summed E-state index contributed by atoms with van der Waals surface area (Å²) in [6, 6.07) is 174. The van der Waals surface area contributed by atoms with Crippen LogP contribution in [0.3, 0.4) is 0 Å². The van der Waals surface area contributed by atoms with Crippen molar-refractivity contribution in [2.75, 3.05) is 0 Å². The van der Waals surface area contributed by atoms with Gasteiger partial charge in [0.25, 0.3) is 0 Å². The third-order valence-corrected chi connectivity index (χ3v) is 37.3. The van der Waals surface area contributed by atoms with Crippen molar-refractivity contribution < 1.29 is 4.42 Å². The third-order valence-electron chi connectivity index (χ3n) is 32.4. The molecule has 140 heavy (non-hydrogen) atoms. The maximum absolute atomic E-state index is 6.69. The van der Waals surface area contributed by atoms with Gasteiger partial charge in [0.2, 0.25) is 0 Å². The molecule has 3 nitrogen and oxygen atoms in total. The van der Waals surface area contributed by atoms with Crippen LogP contribution in [0.25, 0.3) is 252 Å². The molecule has 0 unspecified atom stereocenters. The summed E-state index contributed by atoms with van der Waals surface area (Å²) in [7, 11) is -2.76. The van der Waals surface area contributed by atoms with Crippen molar-refractivity contribution in [2.24, 2.45) is 0 Å². The molecule has 0 N–H and O–H groups in total. The van der Waals surface area contributed by atoms with Gasteiger partial charge in [-0.3, -0.25) is 0 Å². The molecular formula is C136H88N2OSi. The summed E-state index contributed by atoms with van der Waals surface area (Å²) in [6.07, 6.45) is 0. The molecule has 3 aliphatic rings. The third kappa shape index (κ3) is 11.0. The van der Waals surface area contributed by atoms with Crippen LogP contribution in [-0.2, 0) is 10.8 Å². The lowest BCUT2D eigenvalue weighted by Gasteiger charge is -2.31. The van der Waals surface area contributed by atoms with Gasteiger partial charge in [-0.1, -0.05) is 398 Å². The van der Waals surface area contributed by atoms with Crippen LogP contribution in [0.4, 0.5) is 0 Å². The van der Waals surface area contributed by atoms with Crippen LogP contribution in [-0.4, -0.2) is 17.2 Å². The molecule has 1 aliphatic heterocycles. The van der Waals surface area contributed by atoms with Gasteiger partial charge in [0.15, 0.2) is 8.07 Å². The number of benzene rings is 25. The fraction of sp³-hybridized carbons (Fsp3) is 0.0441. The first-order valence-electron chi connectivity index (χ1n) is 49.1. The van der Waals surface area contributed by atoms with Crippen LogP contribution >= 0.6 is 0 Å². The van der Waals surface area contributed by atoms with E-state index >= 15 is 0 Å². The topological polar surface area (TPSA) is 23.0 Å². The minimum atomic E-state index is -2.76. The SMILES string of the molecule is CC1(C)c2cc(-c3ccc4c(c3)c3ccccc3n4-c3cc4cc5c(c6ccc7cccc3c7c46)-c3ccccc3[Si]5(c3ccccc3)c3ccccc3)ccc2-c2ccc(-c3c4ccccc4cc4ccccc34)cc21.CC1(C)c2ccccc2-c2cc3ccc4cccc5c(-n6c7ccccc7c7cc(-c8ccc9oc%10c(-c%11cccc(-c%12ccccc%12)c%11)cccc%10c9c8)ccc76)cc(c21)c3c45. The van der Waals surface area contributed by atoms with E-state index in [-0.39, 0.29) is 10.8 Å². The summed E-state index contributed by atoms with van der Waals surface area (Å²) in [4.78, 5) is 0. The van der Waals surface area contributed by atoms with Gasteiger partial charge < -0.3 is 13.6 Å². The zero-order valence-electron chi connectivity index (χ0n) is 77.7. The molecule has 31 rings (SSSR count). The summed E-state index contributed by atoms with van der Waals surface area (Å²) in [5, 5.41) is 33.9. The molecule has 652 valence electrons. The molecule has 0 saturated heterocycles. The van der Waals surface area contributed by atoms with E-state index in [9.17, 15) is 0 Å². The van der Waals surface area contributed by atoms with E-state index in [4.69, 9.17) is 4.42 Å². The minimum Gasteiger partial charge on any atom is -0.455 e. The molecular weight excluding hydrogens is 1710 g/mol. The van der Waals surface area contributed by atoms with E-state index in [0.717, 1.165) is 33.1 Å². The highest BCUT2D eigenvalue weighted by molar-refractivity contribution is 7.22. The Labute approximate surface area is 810 Å². The van der Waals surface area contributed by atoms with Gasteiger partial charge >= 0.3 is 0 Å². The maximum atomic E-state index is 6.69. The lowest BCUT2D eigenvalue weighted by atomic mass is 9.78. The Morgan fingerprint density at radius 3 is 1.33 bits per heavy atom. The molecule has 3 aromatic heterocycles. The molecule has 0 saturated carbocycles.